The van der Waals surface area contributed by atoms with Crippen LogP contribution in [0.2, 0.25) is 0 Å². The van der Waals surface area contributed by atoms with Gasteiger partial charge in [-0.1, -0.05) is 19.3 Å². The van der Waals surface area contributed by atoms with Crippen LogP contribution in [0.5, 0.6) is 0 Å². The molecular weight excluding hydrogens is 274 g/mol. The van der Waals surface area contributed by atoms with Gasteiger partial charge in [0, 0.05) is 17.5 Å². The van der Waals surface area contributed by atoms with E-state index in [9.17, 15) is 9.59 Å². The molecule has 0 aromatic carbocycles. The highest BCUT2D eigenvalue weighted by atomic mass is 32.1. The molecule has 20 heavy (non-hydrogen) atoms. The number of aliphatic carboxylic acids is 1. The first-order valence-corrected chi connectivity index (χ1v) is 7.76. The molecule has 1 saturated carbocycles. The van der Waals surface area contributed by atoms with Crippen LogP contribution in [0.4, 0.5) is 0 Å². The largest absolute Gasteiger partial charge is 0.478 e. The van der Waals surface area contributed by atoms with Gasteiger partial charge in [0.25, 0.3) is 5.91 Å². The molecule has 1 amide bonds. The summed E-state index contributed by atoms with van der Waals surface area (Å²) < 4.78 is 0. The number of thiophene rings is 1. The van der Waals surface area contributed by atoms with Crippen LogP contribution in [-0.2, 0) is 4.79 Å². The second-order valence-corrected chi connectivity index (χ2v) is 6.20. The van der Waals surface area contributed by atoms with Crippen molar-refractivity contribution in [2.45, 2.75) is 32.1 Å². The van der Waals surface area contributed by atoms with Gasteiger partial charge in [-0.05, 0) is 37.0 Å². The fraction of sp³-hybridized carbons (Fsp3) is 0.467. The third kappa shape index (κ3) is 4.49. The summed E-state index contributed by atoms with van der Waals surface area (Å²) in [5.41, 5.74) is 0. The van der Waals surface area contributed by atoms with Crippen LogP contribution in [0.15, 0.2) is 18.2 Å². The minimum Gasteiger partial charge on any atom is -0.478 e. The molecule has 5 heteroatoms. The first kappa shape index (κ1) is 14.8. The van der Waals surface area contributed by atoms with Gasteiger partial charge in [0.1, 0.15) is 0 Å². The van der Waals surface area contributed by atoms with Gasteiger partial charge in [0.15, 0.2) is 0 Å². The zero-order valence-corrected chi connectivity index (χ0v) is 12.1. The molecule has 2 rings (SSSR count). The summed E-state index contributed by atoms with van der Waals surface area (Å²) in [6.07, 6.45) is 8.84. The van der Waals surface area contributed by atoms with Crippen LogP contribution in [0, 0.1) is 5.92 Å². The molecule has 108 valence electrons. The van der Waals surface area contributed by atoms with E-state index in [1.807, 2.05) is 0 Å². The quantitative estimate of drug-likeness (QED) is 0.820. The fourth-order valence-corrected chi connectivity index (χ4v) is 3.26. The van der Waals surface area contributed by atoms with E-state index in [4.69, 9.17) is 5.11 Å². The molecular formula is C15H19NO3S. The third-order valence-corrected chi connectivity index (χ3v) is 4.57. The average molecular weight is 293 g/mol. The average Bonchev–Trinajstić information content (AvgIpc) is 2.92. The number of nitrogens with one attached hydrogen (secondary N) is 1. The predicted molar refractivity (Wildman–Crippen MR) is 79.9 cm³/mol. The Morgan fingerprint density at radius 3 is 2.75 bits per heavy atom. The van der Waals surface area contributed by atoms with Crippen LogP contribution in [-0.4, -0.2) is 23.5 Å². The Kier molecular flexibility index (Phi) is 5.35. The number of carbonyl (C=O) groups excluding carboxylic acids is 1. The van der Waals surface area contributed by atoms with E-state index in [0.29, 0.717) is 10.8 Å². The number of carboxylic acid groups (broad SMARTS) is 1. The molecule has 0 aliphatic heterocycles. The van der Waals surface area contributed by atoms with Gasteiger partial charge in [0.2, 0.25) is 0 Å². The van der Waals surface area contributed by atoms with Crippen LogP contribution in [0.3, 0.4) is 0 Å². The lowest BCUT2D eigenvalue weighted by molar-refractivity contribution is -0.131. The standard InChI is InChI=1S/C15H19NO3S/c17-14(18)9-7-12-6-8-13(20-12)15(19)16-10-11-4-2-1-3-5-11/h6-9,11H,1-5,10H2,(H,16,19)(H,17,18). The molecule has 1 aliphatic carbocycles. The van der Waals surface area contributed by atoms with E-state index in [1.165, 1.54) is 49.5 Å². The van der Waals surface area contributed by atoms with Crippen LogP contribution in [0.25, 0.3) is 6.08 Å². The second-order valence-electron chi connectivity index (χ2n) is 5.09. The van der Waals surface area contributed by atoms with Gasteiger partial charge < -0.3 is 10.4 Å². The highest BCUT2D eigenvalue weighted by Gasteiger charge is 2.15. The topological polar surface area (TPSA) is 66.4 Å². The Hall–Kier alpha value is -1.62. The molecule has 0 bridgehead atoms. The molecule has 0 atom stereocenters. The maximum absolute atomic E-state index is 12.0. The first-order chi connectivity index (χ1) is 9.65. The number of amides is 1. The molecule has 0 spiro atoms. The smallest absolute Gasteiger partial charge is 0.328 e. The lowest BCUT2D eigenvalue weighted by atomic mass is 9.89. The summed E-state index contributed by atoms with van der Waals surface area (Å²) in [4.78, 5) is 23.8. The Morgan fingerprint density at radius 2 is 2.05 bits per heavy atom. The summed E-state index contributed by atoms with van der Waals surface area (Å²) in [7, 11) is 0. The van der Waals surface area contributed by atoms with Gasteiger partial charge >= 0.3 is 5.97 Å². The molecule has 1 aliphatic rings. The molecule has 1 aromatic rings. The van der Waals surface area contributed by atoms with E-state index in [0.717, 1.165) is 17.5 Å². The van der Waals surface area contributed by atoms with Gasteiger partial charge in [0.05, 0.1) is 4.88 Å². The lowest BCUT2D eigenvalue weighted by Gasteiger charge is -2.21. The van der Waals surface area contributed by atoms with Gasteiger partial charge in [-0.15, -0.1) is 11.3 Å². The maximum Gasteiger partial charge on any atom is 0.328 e. The predicted octanol–water partition coefficient (Wildman–Crippen LogP) is 3.16. The van der Waals surface area contributed by atoms with Crippen molar-refractivity contribution in [2.24, 2.45) is 5.92 Å². The van der Waals surface area contributed by atoms with Crippen molar-refractivity contribution in [3.8, 4) is 0 Å². The number of hydrogen-bond donors (Lipinski definition) is 2. The van der Waals surface area contributed by atoms with Crippen molar-refractivity contribution >= 4 is 29.3 Å². The molecule has 1 fully saturated rings. The molecule has 2 N–H and O–H groups in total. The van der Waals surface area contributed by atoms with Gasteiger partial charge in [-0.25, -0.2) is 4.79 Å². The Labute approximate surface area is 122 Å². The summed E-state index contributed by atoms with van der Waals surface area (Å²) >= 11 is 1.31. The summed E-state index contributed by atoms with van der Waals surface area (Å²) in [6.45, 7) is 0.747. The van der Waals surface area contributed by atoms with Gasteiger partial charge in [-0.3, -0.25) is 4.79 Å². The van der Waals surface area contributed by atoms with Gasteiger partial charge in [-0.2, -0.15) is 0 Å². The Morgan fingerprint density at radius 1 is 1.30 bits per heavy atom. The molecule has 0 saturated heterocycles. The second kappa shape index (κ2) is 7.24. The van der Waals surface area contributed by atoms with Crippen molar-refractivity contribution < 1.29 is 14.7 Å². The van der Waals surface area contributed by atoms with Crippen molar-refractivity contribution in [1.29, 1.82) is 0 Å². The Bertz CT molecular complexity index is 501. The molecule has 1 aromatic heterocycles. The summed E-state index contributed by atoms with van der Waals surface area (Å²) in [5, 5.41) is 11.5. The van der Waals surface area contributed by atoms with E-state index in [-0.39, 0.29) is 5.91 Å². The molecule has 0 radical (unpaired) electrons. The molecule has 1 heterocycles. The van der Waals surface area contributed by atoms with Crippen LogP contribution < -0.4 is 5.32 Å². The highest BCUT2D eigenvalue weighted by Crippen LogP contribution is 2.23. The number of rotatable bonds is 5. The SMILES string of the molecule is O=C(O)C=Cc1ccc(C(=O)NCC2CCCCC2)s1. The maximum atomic E-state index is 12.0. The number of carboxylic acids is 1. The van der Waals surface area contributed by atoms with E-state index >= 15 is 0 Å². The zero-order chi connectivity index (χ0) is 14.4. The van der Waals surface area contributed by atoms with Crippen molar-refractivity contribution in [1.82, 2.24) is 5.32 Å². The normalized spacial score (nSPS) is 16.4. The van der Waals surface area contributed by atoms with Crippen molar-refractivity contribution in [3.05, 3.63) is 28.0 Å². The lowest BCUT2D eigenvalue weighted by Crippen LogP contribution is -2.29. The zero-order valence-electron chi connectivity index (χ0n) is 11.3. The van der Waals surface area contributed by atoms with E-state index < -0.39 is 5.97 Å². The minimum atomic E-state index is -0.985. The Balaban J connectivity index is 1.84. The number of hydrogen-bond acceptors (Lipinski definition) is 3. The summed E-state index contributed by atoms with van der Waals surface area (Å²) in [5.74, 6) is -0.434. The van der Waals surface area contributed by atoms with Crippen LogP contribution >= 0.6 is 11.3 Å². The van der Waals surface area contributed by atoms with Crippen LogP contribution in [0.1, 0.15) is 46.7 Å². The fourth-order valence-electron chi connectivity index (χ4n) is 2.43. The first-order valence-electron chi connectivity index (χ1n) is 6.94. The summed E-state index contributed by atoms with van der Waals surface area (Å²) in [6, 6.07) is 3.50. The monoisotopic (exact) mass is 293 g/mol. The molecule has 4 nitrogen and oxygen atoms in total. The van der Waals surface area contributed by atoms with E-state index in [2.05, 4.69) is 5.32 Å². The van der Waals surface area contributed by atoms with E-state index in [1.54, 1.807) is 12.1 Å². The highest BCUT2D eigenvalue weighted by molar-refractivity contribution is 7.14. The molecule has 0 unspecified atom stereocenters. The minimum absolute atomic E-state index is 0.0597. The number of carbonyl (C=O) groups is 2. The van der Waals surface area contributed by atoms with Crippen molar-refractivity contribution in [2.75, 3.05) is 6.54 Å². The third-order valence-electron chi connectivity index (χ3n) is 3.52. The van der Waals surface area contributed by atoms with Crippen molar-refractivity contribution in [3.63, 3.8) is 0 Å².